The standard InChI is InChI=1S/C9H9N5O/c15-8(6-1-2-6)3-7-4-10-5-9-11-12-13-14(7)9/h4-6H,1-3H2. The summed E-state index contributed by atoms with van der Waals surface area (Å²) in [6, 6.07) is 0. The molecule has 0 spiro atoms. The number of fused-ring (bicyclic) bond motifs is 1. The van der Waals surface area contributed by atoms with E-state index in [4.69, 9.17) is 0 Å². The second-order valence-electron chi connectivity index (χ2n) is 3.76. The van der Waals surface area contributed by atoms with Crippen LogP contribution < -0.4 is 0 Å². The molecule has 6 heteroatoms. The maximum absolute atomic E-state index is 11.6. The summed E-state index contributed by atoms with van der Waals surface area (Å²) in [5.41, 5.74) is 1.34. The molecule has 2 heterocycles. The monoisotopic (exact) mass is 203 g/mol. The Hall–Kier alpha value is -1.85. The summed E-state index contributed by atoms with van der Waals surface area (Å²) in [4.78, 5) is 15.6. The number of aromatic nitrogens is 5. The average Bonchev–Trinajstić information content (AvgIpc) is 2.97. The van der Waals surface area contributed by atoms with Gasteiger partial charge < -0.3 is 0 Å². The normalized spacial score (nSPS) is 15.7. The highest BCUT2D eigenvalue weighted by molar-refractivity contribution is 5.84. The van der Waals surface area contributed by atoms with Gasteiger partial charge in [-0.05, 0) is 23.3 Å². The van der Waals surface area contributed by atoms with E-state index in [1.165, 1.54) is 0 Å². The van der Waals surface area contributed by atoms with Crippen molar-refractivity contribution in [3.8, 4) is 0 Å². The molecular weight excluding hydrogens is 194 g/mol. The van der Waals surface area contributed by atoms with Crippen LogP contribution >= 0.6 is 0 Å². The molecule has 0 atom stereocenters. The lowest BCUT2D eigenvalue weighted by molar-refractivity contribution is -0.119. The van der Waals surface area contributed by atoms with Crippen LogP contribution in [0.4, 0.5) is 0 Å². The molecule has 76 valence electrons. The van der Waals surface area contributed by atoms with Gasteiger partial charge in [-0.3, -0.25) is 9.78 Å². The molecular formula is C9H9N5O. The third kappa shape index (κ3) is 1.47. The van der Waals surface area contributed by atoms with Gasteiger partial charge in [-0.2, -0.15) is 4.52 Å². The van der Waals surface area contributed by atoms with Crippen LogP contribution in [0.25, 0.3) is 5.65 Å². The van der Waals surface area contributed by atoms with Gasteiger partial charge in [0.25, 0.3) is 0 Å². The highest BCUT2D eigenvalue weighted by atomic mass is 16.1. The molecule has 2 aromatic heterocycles. The predicted octanol–water partition coefficient (Wildman–Crippen LogP) is 0.0409. The van der Waals surface area contributed by atoms with E-state index < -0.39 is 0 Å². The van der Waals surface area contributed by atoms with E-state index in [1.807, 2.05) is 0 Å². The maximum atomic E-state index is 11.6. The average molecular weight is 203 g/mol. The van der Waals surface area contributed by atoms with Gasteiger partial charge in [0, 0.05) is 12.1 Å². The van der Waals surface area contributed by atoms with Crippen LogP contribution in [-0.4, -0.2) is 30.8 Å². The molecule has 1 aliphatic rings. The molecule has 2 aromatic rings. The quantitative estimate of drug-likeness (QED) is 0.704. The Morgan fingerprint density at radius 3 is 3.13 bits per heavy atom. The number of carbonyl (C=O) groups excluding carboxylic acids is 1. The summed E-state index contributed by atoms with van der Waals surface area (Å²) < 4.78 is 1.56. The first-order valence-corrected chi connectivity index (χ1v) is 4.88. The molecule has 0 unspecified atom stereocenters. The number of ketones is 1. The molecule has 0 saturated heterocycles. The lowest BCUT2D eigenvalue weighted by atomic mass is 10.1. The van der Waals surface area contributed by atoms with Crippen molar-refractivity contribution in [2.75, 3.05) is 0 Å². The lowest BCUT2D eigenvalue weighted by Gasteiger charge is -2.00. The van der Waals surface area contributed by atoms with Crippen LogP contribution in [0.2, 0.25) is 0 Å². The number of rotatable bonds is 3. The zero-order valence-electron chi connectivity index (χ0n) is 8.00. The van der Waals surface area contributed by atoms with E-state index in [9.17, 15) is 4.79 Å². The highest BCUT2D eigenvalue weighted by Gasteiger charge is 2.29. The van der Waals surface area contributed by atoms with Crippen molar-refractivity contribution in [3.63, 3.8) is 0 Å². The third-order valence-corrected chi connectivity index (χ3v) is 2.57. The van der Waals surface area contributed by atoms with Crippen LogP contribution in [0, 0.1) is 5.92 Å². The third-order valence-electron chi connectivity index (χ3n) is 2.57. The van der Waals surface area contributed by atoms with Gasteiger partial charge in [0.1, 0.15) is 5.78 Å². The number of nitrogens with zero attached hydrogens (tertiary/aromatic N) is 5. The molecule has 1 saturated carbocycles. The van der Waals surface area contributed by atoms with E-state index in [0.717, 1.165) is 18.5 Å². The molecule has 0 aromatic carbocycles. The Labute approximate surface area is 85.3 Å². The Kier molecular flexibility index (Phi) is 1.74. The van der Waals surface area contributed by atoms with Gasteiger partial charge in [0.2, 0.25) is 0 Å². The highest BCUT2D eigenvalue weighted by Crippen LogP contribution is 2.30. The van der Waals surface area contributed by atoms with Crippen LogP contribution in [0.5, 0.6) is 0 Å². The second-order valence-corrected chi connectivity index (χ2v) is 3.76. The minimum absolute atomic E-state index is 0.261. The van der Waals surface area contributed by atoms with Gasteiger partial charge in [-0.1, -0.05) is 0 Å². The van der Waals surface area contributed by atoms with Crippen molar-refractivity contribution in [1.82, 2.24) is 25.0 Å². The molecule has 0 amide bonds. The van der Waals surface area contributed by atoms with Crippen molar-refractivity contribution in [2.24, 2.45) is 5.92 Å². The number of Topliss-reactive ketones (excluding diaryl/α,β-unsaturated/α-hetero) is 1. The number of tetrazole rings is 1. The summed E-state index contributed by atoms with van der Waals surface area (Å²) in [5, 5.41) is 11.1. The minimum Gasteiger partial charge on any atom is -0.299 e. The lowest BCUT2D eigenvalue weighted by Crippen LogP contribution is -2.09. The summed E-state index contributed by atoms with van der Waals surface area (Å²) in [6.45, 7) is 0. The maximum Gasteiger partial charge on any atom is 0.197 e. The smallest absolute Gasteiger partial charge is 0.197 e. The Bertz CT molecular complexity index is 516. The number of carbonyl (C=O) groups is 1. The largest absolute Gasteiger partial charge is 0.299 e. The van der Waals surface area contributed by atoms with Crippen LogP contribution in [0.15, 0.2) is 12.4 Å². The Morgan fingerprint density at radius 2 is 2.33 bits per heavy atom. The summed E-state index contributed by atoms with van der Waals surface area (Å²) in [6.07, 6.45) is 5.64. The topological polar surface area (TPSA) is 73.0 Å². The van der Waals surface area contributed by atoms with Gasteiger partial charge in [0.15, 0.2) is 5.65 Å². The van der Waals surface area contributed by atoms with E-state index in [0.29, 0.717) is 12.1 Å². The first kappa shape index (κ1) is 8.46. The van der Waals surface area contributed by atoms with Crippen LogP contribution in [-0.2, 0) is 11.2 Å². The van der Waals surface area contributed by atoms with Crippen LogP contribution in [0.3, 0.4) is 0 Å². The molecule has 0 bridgehead atoms. The predicted molar refractivity (Wildman–Crippen MR) is 50.0 cm³/mol. The van der Waals surface area contributed by atoms with Crippen molar-refractivity contribution in [1.29, 1.82) is 0 Å². The zero-order chi connectivity index (χ0) is 10.3. The SMILES string of the molecule is O=C(Cc1cncc2nnnn12)C1CC1. The molecule has 0 aliphatic heterocycles. The fourth-order valence-corrected chi connectivity index (χ4v) is 1.57. The number of hydrogen-bond donors (Lipinski definition) is 0. The molecule has 1 aliphatic carbocycles. The van der Waals surface area contributed by atoms with Gasteiger partial charge in [0.05, 0.1) is 18.3 Å². The van der Waals surface area contributed by atoms with Crippen LogP contribution in [0.1, 0.15) is 18.5 Å². The van der Waals surface area contributed by atoms with E-state index in [2.05, 4.69) is 20.5 Å². The summed E-state index contributed by atoms with van der Waals surface area (Å²) in [7, 11) is 0. The second kappa shape index (κ2) is 3.08. The van der Waals surface area contributed by atoms with Gasteiger partial charge in [-0.25, -0.2) is 0 Å². The first-order valence-electron chi connectivity index (χ1n) is 4.88. The fourth-order valence-electron chi connectivity index (χ4n) is 1.57. The minimum atomic E-state index is 0.261. The van der Waals surface area contributed by atoms with Crippen molar-refractivity contribution < 1.29 is 4.79 Å². The summed E-state index contributed by atoms with van der Waals surface area (Å²) in [5.74, 6) is 0.525. The summed E-state index contributed by atoms with van der Waals surface area (Å²) >= 11 is 0. The van der Waals surface area contributed by atoms with Gasteiger partial charge >= 0.3 is 0 Å². The molecule has 0 N–H and O–H groups in total. The Balaban J connectivity index is 1.95. The van der Waals surface area contributed by atoms with E-state index >= 15 is 0 Å². The van der Waals surface area contributed by atoms with Crippen molar-refractivity contribution in [2.45, 2.75) is 19.3 Å². The Morgan fingerprint density at radius 1 is 1.47 bits per heavy atom. The van der Waals surface area contributed by atoms with Crippen molar-refractivity contribution >= 4 is 11.4 Å². The molecule has 15 heavy (non-hydrogen) atoms. The molecule has 3 rings (SSSR count). The first-order chi connectivity index (χ1) is 7.34. The molecule has 1 fully saturated rings. The van der Waals surface area contributed by atoms with Gasteiger partial charge in [-0.15, -0.1) is 5.10 Å². The number of hydrogen-bond acceptors (Lipinski definition) is 5. The zero-order valence-corrected chi connectivity index (χ0v) is 8.00. The van der Waals surface area contributed by atoms with Crippen molar-refractivity contribution in [3.05, 3.63) is 18.1 Å². The fraction of sp³-hybridized carbons (Fsp3) is 0.444. The molecule has 6 nitrogen and oxygen atoms in total. The van der Waals surface area contributed by atoms with E-state index in [1.54, 1.807) is 16.9 Å². The molecule has 0 radical (unpaired) electrons. The van der Waals surface area contributed by atoms with E-state index in [-0.39, 0.29) is 11.7 Å².